The van der Waals surface area contributed by atoms with Crippen molar-refractivity contribution in [2.45, 2.75) is 6.36 Å². The van der Waals surface area contributed by atoms with Crippen molar-refractivity contribution in [2.75, 3.05) is 19.0 Å². The fourth-order valence-corrected chi connectivity index (χ4v) is 3.00. The SMILES string of the molecule is C=CCN1C(=O)C(Nc2cccc(OC(F)(F)F)c2)=C(c2ccccc2OC)C1=O. The quantitative estimate of drug-likeness (QED) is 0.544. The summed E-state index contributed by atoms with van der Waals surface area (Å²) in [7, 11) is 1.42. The van der Waals surface area contributed by atoms with E-state index in [4.69, 9.17) is 4.74 Å². The van der Waals surface area contributed by atoms with Gasteiger partial charge in [0.15, 0.2) is 0 Å². The molecule has 0 fully saturated rings. The van der Waals surface area contributed by atoms with E-state index in [1.165, 1.54) is 25.3 Å². The second-order valence-electron chi connectivity index (χ2n) is 6.16. The molecule has 0 aromatic heterocycles. The van der Waals surface area contributed by atoms with E-state index in [-0.39, 0.29) is 23.5 Å². The Bertz CT molecular complexity index is 1030. The number of imide groups is 1. The maximum atomic E-state index is 13.0. The van der Waals surface area contributed by atoms with Crippen molar-refractivity contribution < 1.29 is 32.2 Å². The highest BCUT2D eigenvalue weighted by Crippen LogP contribution is 2.35. The number of methoxy groups -OCH3 is 1. The molecule has 1 aliphatic rings. The third-order valence-electron chi connectivity index (χ3n) is 4.19. The van der Waals surface area contributed by atoms with Gasteiger partial charge in [0.2, 0.25) is 0 Å². The van der Waals surface area contributed by atoms with E-state index in [0.717, 1.165) is 17.0 Å². The number of carbonyl (C=O) groups excluding carboxylic acids is 2. The first-order valence-corrected chi connectivity index (χ1v) is 8.72. The fraction of sp³-hybridized carbons (Fsp3) is 0.143. The van der Waals surface area contributed by atoms with Crippen LogP contribution in [0.25, 0.3) is 5.57 Å². The lowest BCUT2D eigenvalue weighted by Gasteiger charge is -2.13. The fourth-order valence-electron chi connectivity index (χ4n) is 3.00. The number of rotatable bonds is 7. The number of nitrogens with zero attached hydrogens (tertiary/aromatic N) is 1. The number of carbonyl (C=O) groups is 2. The Kier molecular flexibility index (Phi) is 5.81. The van der Waals surface area contributed by atoms with E-state index in [9.17, 15) is 22.8 Å². The molecular weight excluding hydrogens is 401 g/mol. The first-order chi connectivity index (χ1) is 14.2. The van der Waals surface area contributed by atoms with Crippen molar-refractivity contribution in [3.05, 3.63) is 72.4 Å². The van der Waals surface area contributed by atoms with Gasteiger partial charge in [0.05, 0.1) is 12.7 Å². The Morgan fingerprint density at radius 2 is 1.83 bits per heavy atom. The van der Waals surface area contributed by atoms with Gasteiger partial charge in [-0.2, -0.15) is 0 Å². The second kappa shape index (κ2) is 8.32. The lowest BCUT2D eigenvalue weighted by molar-refractivity contribution is -0.274. The molecule has 0 aliphatic carbocycles. The van der Waals surface area contributed by atoms with E-state index in [2.05, 4.69) is 16.6 Å². The minimum absolute atomic E-state index is 0.0290. The summed E-state index contributed by atoms with van der Waals surface area (Å²) in [5.74, 6) is -1.31. The third kappa shape index (κ3) is 4.29. The Morgan fingerprint density at radius 1 is 1.10 bits per heavy atom. The van der Waals surface area contributed by atoms with Crippen molar-refractivity contribution in [1.82, 2.24) is 4.90 Å². The summed E-state index contributed by atoms with van der Waals surface area (Å²) in [5, 5.41) is 2.77. The Morgan fingerprint density at radius 3 is 2.50 bits per heavy atom. The highest BCUT2D eigenvalue weighted by Gasteiger charge is 2.39. The molecule has 0 unspecified atom stereocenters. The first-order valence-electron chi connectivity index (χ1n) is 8.72. The number of alkyl halides is 3. The van der Waals surface area contributed by atoms with Crippen LogP contribution in [-0.4, -0.2) is 36.7 Å². The van der Waals surface area contributed by atoms with Gasteiger partial charge >= 0.3 is 6.36 Å². The zero-order chi connectivity index (χ0) is 21.9. The lowest BCUT2D eigenvalue weighted by Crippen LogP contribution is -2.32. The molecule has 0 bridgehead atoms. The van der Waals surface area contributed by atoms with Gasteiger partial charge in [0.25, 0.3) is 11.8 Å². The summed E-state index contributed by atoms with van der Waals surface area (Å²) in [6.07, 6.45) is -3.46. The van der Waals surface area contributed by atoms with Crippen LogP contribution < -0.4 is 14.8 Å². The zero-order valence-corrected chi connectivity index (χ0v) is 15.8. The van der Waals surface area contributed by atoms with Gasteiger partial charge in [-0.3, -0.25) is 14.5 Å². The van der Waals surface area contributed by atoms with Crippen LogP contribution in [0.5, 0.6) is 11.5 Å². The molecule has 156 valence electrons. The van der Waals surface area contributed by atoms with Gasteiger partial charge < -0.3 is 14.8 Å². The smallest absolute Gasteiger partial charge is 0.496 e. The molecule has 0 radical (unpaired) electrons. The van der Waals surface area contributed by atoms with E-state index < -0.39 is 23.9 Å². The zero-order valence-electron chi connectivity index (χ0n) is 15.8. The number of ether oxygens (including phenoxy) is 2. The van der Waals surface area contributed by atoms with Crippen molar-refractivity contribution >= 4 is 23.1 Å². The van der Waals surface area contributed by atoms with Crippen molar-refractivity contribution in [3.8, 4) is 11.5 Å². The molecule has 0 spiro atoms. The summed E-state index contributed by atoms with van der Waals surface area (Å²) < 4.78 is 46.8. The summed E-state index contributed by atoms with van der Waals surface area (Å²) in [6.45, 7) is 3.52. The lowest BCUT2D eigenvalue weighted by atomic mass is 10.0. The average molecular weight is 418 g/mol. The number of benzene rings is 2. The molecule has 2 aromatic rings. The number of nitrogens with one attached hydrogen (secondary N) is 1. The average Bonchev–Trinajstić information content (AvgIpc) is 2.91. The molecule has 9 heteroatoms. The van der Waals surface area contributed by atoms with Gasteiger partial charge in [0, 0.05) is 23.9 Å². The van der Waals surface area contributed by atoms with Gasteiger partial charge in [-0.05, 0) is 18.2 Å². The van der Waals surface area contributed by atoms with Crippen molar-refractivity contribution in [2.24, 2.45) is 0 Å². The summed E-state index contributed by atoms with van der Waals surface area (Å²) >= 11 is 0. The van der Waals surface area contributed by atoms with Crippen LogP contribution in [0.3, 0.4) is 0 Å². The topological polar surface area (TPSA) is 67.9 Å². The second-order valence-corrected chi connectivity index (χ2v) is 6.16. The monoisotopic (exact) mass is 418 g/mol. The molecule has 1 aliphatic heterocycles. The largest absolute Gasteiger partial charge is 0.573 e. The van der Waals surface area contributed by atoms with Gasteiger partial charge in [0.1, 0.15) is 17.2 Å². The van der Waals surface area contributed by atoms with Crippen LogP contribution in [0, 0.1) is 0 Å². The molecule has 0 saturated carbocycles. The summed E-state index contributed by atoms with van der Waals surface area (Å²) in [6, 6.07) is 11.6. The molecule has 2 aromatic carbocycles. The van der Waals surface area contributed by atoms with Crippen LogP contribution >= 0.6 is 0 Å². The van der Waals surface area contributed by atoms with E-state index >= 15 is 0 Å². The first kappa shape index (κ1) is 21.0. The van der Waals surface area contributed by atoms with Gasteiger partial charge in [-0.1, -0.05) is 30.3 Å². The highest BCUT2D eigenvalue weighted by molar-refractivity contribution is 6.37. The molecule has 0 atom stereocenters. The Labute approximate surface area is 170 Å². The molecule has 2 amide bonds. The summed E-state index contributed by atoms with van der Waals surface area (Å²) in [4.78, 5) is 26.8. The van der Waals surface area contributed by atoms with E-state index in [1.54, 1.807) is 24.3 Å². The number of hydrogen-bond donors (Lipinski definition) is 1. The number of amides is 2. The Balaban J connectivity index is 2.07. The minimum atomic E-state index is -4.86. The number of anilines is 1. The summed E-state index contributed by atoms with van der Waals surface area (Å²) in [5.41, 5.74) is 0.466. The van der Waals surface area contributed by atoms with E-state index in [1.807, 2.05) is 0 Å². The van der Waals surface area contributed by atoms with Gasteiger partial charge in [-0.25, -0.2) is 0 Å². The molecule has 1 N–H and O–H groups in total. The normalized spacial score (nSPS) is 14.2. The molecule has 6 nitrogen and oxygen atoms in total. The third-order valence-corrected chi connectivity index (χ3v) is 4.19. The molecule has 30 heavy (non-hydrogen) atoms. The highest BCUT2D eigenvalue weighted by atomic mass is 19.4. The van der Waals surface area contributed by atoms with Crippen molar-refractivity contribution in [1.29, 1.82) is 0 Å². The molecule has 1 heterocycles. The number of para-hydroxylation sites is 1. The van der Waals surface area contributed by atoms with Crippen LogP contribution in [0.1, 0.15) is 5.56 Å². The number of hydrogen-bond acceptors (Lipinski definition) is 5. The molecule has 3 rings (SSSR count). The van der Waals surface area contributed by atoms with Crippen LogP contribution in [-0.2, 0) is 9.59 Å². The molecular formula is C21H17F3N2O4. The van der Waals surface area contributed by atoms with Crippen LogP contribution in [0.4, 0.5) is 18.9 Å². The maximum Gasteiger partial charge on any atom is 0.573 e. The van der Waals surface area contributed by atoms with Gasteiger partial charge in [-0.15, -0.1) is 19.8 Å². The molecule has 0 saturated heterocycles. The predicted octanol–water partition coefficient (Wildman–Crippen LogP) is 3.97. The standard InChI is InChI=1S/C21H17F3N2O4/c1-3-11-26-19(27)17(15-9-4-5-10-16(15)29-2)18(20(26)28)25-13-7-6-8-14(12-13)30-21(22,23)24/h3-10,12,25H,1,11H2,2H3. The van der Waals surface area contributed by atoms with Crippen LogP contribution in [0.2, 0.25) is 0 Å². The van der Waals surface area contributed by atoms with Crippen molar-refractivity contribution in [3.63, 3.8) is 0 Å². The van der Waals surface area contributed by atoms with E-state index in [0.29, 0.717) is 11.3 Å². The minimum Gasteiger partial charge on any atom is -0.496 e. The Hall–Kier alpha value is -3.75. The maximum absolute atomic E-state index is 13.0. The van der Waals surface area contributed by atoms with Crippen LogP contribution in [0.15, 0.2) is 66.9 Å². The number of halogens is 3. The predicted molar refractivity (Wildman–Crippen MR) is 104 cm³/mol.